The van der Waals surface area contributed by atoms with Gasteiger partial charge in [-0.1, -0.05) is 18.5 Å². The van der Waals surface area contributed by atoms with Gasteiger partial charge in [0.1, 0.15) is 0 Å². The van der Waals surface area contributed by atoms with Gasteiger partial charge in [-0.2, -0.15) is 0 Å². The van der Waals surface area contributed by atoms with Crippen molar-refractivity contribution in [1.82, 2.24) is 14.8 Å². The second-order valence-corrected chi connectivity index (χ2v) is 5.24. The number of nitrogens with two attached hydrogens (primary N) is 1. The summed E-state index contributed by atoms with van der Waals surface area (Å²) in [6.45, 7) is 6.58. The van der Waals surface area contributed by atoms with Crippen molar-refractivity contribution in [1.29, 1.82) is 0 Å². The Bertz CT molecular complexity index is 474. The SMILES string of the molecule is CCCN1CCN(C(=O)c2cnc(NN)c(Cl)c2)CC1. The highest BCUT2D eigenvalue weighted by Crippen LogP contribution is 2.20. The van der Waals surface area contributed by atoms with E-state index in [2.05, 4.69) is 22.2 Å². The molecule has 0 atom stereocenters. The third kappa shape index (κ3) is 3.39. The summed E-state index contributed by atoms with van der Waals surface area (Å²) in [7, 11) is 0. The molecule has 1 aliphatic heterocycles. The molecular formula is C13H20ClN5O. The maximum absolute atomic E-state index is 12.4. The first-order chi connectivity index (χ1) is 9.65. The Hall–Kier alpha value is -1.37. The van der Waals surface area contributed by atoms with Gasteiger partial charge in [0.2, 0.25) is 0 Å². The Balaban J connectivity index is 2.00. The van der Waals surface area contributed by atoms with E-state index in [4.69, 9.17) is 17.4 Å². The molecule has 110 valence electrons. The topological polar surface area (TPSA) is 74.5 Å². The Morgan fingerprint density at radius 2 is 2.15 bits per heavy atom. The van der Waals surface area contributed by atoms with E-state index in [1.165, 1.54) is 6.20 Å². The number of carbonyl (C=O) groups is 1. The van der Waals surface area contributed by atoms with Crippen molar-refractivity contribution in [2.24, 2.45) is 5.84 Å². The Morgan fingerprint density at radius 3 is 2.70 bits per heavy atom. The van der Waals surface area contributed by atoms with Gasteiger partial charge in [0, 0.05) is 32.4 Å². The van der Waals surface area contributed by atoms with Gasteiger partial charge in [-0.05, 0) is 19.0 Å². The van der Waals surface area contributed by atoms with Gasteiger partial charge in [0.25, 0.3) is 5.91 Å². The normalized spacial score (nSPS) is 16.2. The van der Waals surface area contributed by atoms with Gasteiger partial charge >= 0.3 is 0 Å². The first kappa shape index (κ1) is 15.0. The molecule has 1 fully saturated rings. The lowest BCUT2D eigenvalue weighted by molar-refractivity contribution is 0.0637. The van der Waals surface area contributed by atoms with E-state index in [1.54, 1.807) is 6.07 Å². The number of aromatic nitrogens is 1. The maximum atomic E-state index is 12.4. The van der Waals surface area contributed by atoms with Crippen molar-refractivity contribution >= 4 is 23.3 Å². The van der Waals surface area contributed by atoms with Crippen molar-refractivity contribution in [3.8, 4) is 0 Å². The summed E-state index contributed by atoms with van der Waals surface area (Å²) in [5, 5.41) is 0.350. The minimum absolute atomic E-state index is 0.0286. The number of nitrogens with one attached hydrogen (secondary N) is 1. The summed E-state index contributed by atoms with van der Waals surface area (Å²) in [5.41, 5.74) is 2.88. The number of hydrogen-bond acceptors (Lipinski definition) is 5. The summed E-state index contributed by atoms with van der Waals surface area (Å²) >= 11 is 5.99. The molecule has 1 aromatic heterocycles. The van der Waals surface area contributed by atoms with Crippen LogP contribution in [0.25, 0.3) is 0 Å². The van der Waals surface area contributed by atoms with Crippen molar-refractivity contribution in [2.45, 2.75) is 13.3 Å². The van der Waals surface area contributed by atoms with Crippen molar-refractivity contribution in [3.63, 3.8) is 0 Å². The highest BCUT2D eigenvalue weighted by Gasteiger charge is 2.22. The summed E-state index contributed by atoms with van der Waals surface area (Å²) in [4.78, 5) is 20.6. The monoisotopic (exact) mass is 297 g/mol. The zero-order valence-electron chi connectivity index (χ0n) is 11.6. The number of carbonyl (C=O) groups excluding carboxylic acids is 1. The largest absolute Gasteiger partial charge is 0.336 e. The first-order valence-electron chi connectivity index (χ1n) is 6.79. The molecule has 1 aliphatic rings. The average molecular weight is 298 g/mol. The summed E-state index contributed by atoms with van der Waals surface area (Å²) < 4.78 is 0. The summed E-state index contributed by atoms with van der Waals surface area (Å²) in [5.74, 6) is 5.61. The molecule has 7 heteroatoms. The highest BCUT2D eigenvalue weighted by atomic mass is 35.5. The van der Waals surface area contributed by atoms with E-state index in [1.807, 2.05) is 4.90 Å². The second kappa shape index (κ2) is 6.88. The van der Waals surface area contributed by atoms with Gasteiger partial charge in [-0.15, -0.1) is 0 Å². The van der Waals surface area contributed by atoms with E-state index in [0.29, 0.717) is 16.4 Å². The zero-order valence-corrected chi connectivity index (χ0v) is 12.4. The predicted molar refractivity (Wildman–Crippen MR) is 79.7 cm³/mol. The van der Waals surface area contributed by atoms with Crippen molar-refractivity contribution < 1.29 is 4.79 Å². The van der Waals surface area contributed by atoms with Crippen molar-refractivity contribution in [3.05, 3.63) is 22.8 Å². The minimum Gasteiger partial charge on any atom is -0.336 e. The second-order valence-electron chi connectivity index (χ2n) is 4.83. The maximum Gasteiger partial charge on any atom is 0.255 e. The summed E-state index contributed by atoms with van der Waals surface area (Å²) in [6, 6.07) is 1.60. The molecule has 6 nitrogen and oxygen atoms in total. The molecule has 3 N–H and O–H groups in total. The van der Waals surface area contributed by atoms with Crippen LogP contribution in [0.5, 0.6) is 0 Å². The quantitative estimate of drug-likeness (QED) is 0.645. The molecule has 2 heterocycles. The minimum atomic E-state index is -0.0286. The number of hydrogen-bond donors (Lipinski definition) is 2. The van der Waals surface area contributed by atoms with Crippen LogP contribution in [0.3, 0.4) is 0 Å². The van der Waals surface area contributed by atoms with Crippen molar-refractivity contribution in [2.75, 3.05) is 38.1 Å². The van der Waals surface area contributed by atoms with Crippen LogP contribution in [0.1, 0.15) is 23.7 Å². The van der Waals surface area contributed by atoms with E-state index in [0.717, 1.165) is 39.1 Å². The van der Waals surface area contributed by atoms with Crippen LogP contribution in [-0.4, -0.2) is 53.4 Å². The lowest BCUT2D eigenvalue weighted by atomic mass is 10.2. The number of anilines is 1. The zero-order chi connectivity index (χ0) is 14.5. The van der Waals surface area contributed by atoms with Gasteiger partial charge in [-0.25, -0.2) is 10.8 Å². The number of nitrogen functional groups attached to an aromatic ring is 1. The van der Waals surface area contributed by atoms with Gasteiger partial charge < -0.3 is 10.3 Å². The lowest BCUT2D eigenvalue weighted by Gasteiger charge is -2.34. The van der Waals surface area contributed by atoms with Gasteiger partial charge in [0.15, 0.2) is 5.82 Å². The summed E-state index contributed by atoms with van der Waals surface area (Å²) in [6.07, 6.45) is 2.64. The molecule has 0 bridgehead atoms. The Kier molecular flexibility index (Phi) is 5.17. The predicted octanol–water partition coefficient (Wildman–Crippen LogP) is 1.19. The van der Waals surface area contributed by atoms with E-state index in [-0.39, 0.29) is 5.91 Å². The molecule has 0 aromatic carbocycles. The average Bonchev–Trinajstić information content (AvgIpc) is 2.47. The molecule has 0 aliphatic carbocycles. The van der Waals surface area contributed by atoms with Crippen LogP contribution in [0.4, 0.5) is 5.82 Å². The molecular weight excluding hydrogens is 278 g/mol. The molecule has 20 heavy (non-hydrogen) atoms. The number of pyridine rings is 1. The number of amides is 1. The van der Waals surface area contributed by atoms with Gasteiger partial charge in [-0.3, -0.25) is 9.69 Å². The smallest absolute Gasteiger partial charge is 0.255 e. The molecule has 0 spiro atoms. The molecule has 0 saturated carbocycles. The lowest BCUT2D eigenvalue weighted by Crippen LogP contribution is -2.48. The van der Waals surface area contributed by atoms with E-state index < -0.39 is 0 Å². The third-order valence-corrected chi connectivity index (χ3v) is 3.71. The van der Waals surface area contributed by atoms with Crippen LogP contribution < -0.4 is 11.3 Å². The van der Waals surface area contributed by atoms with Crippen LogP contribution >= 0.6 is 11.6 Å². The standard InChI is InChI=1S/C13H20ClN5O/c1-2-3-18-4-6-19(7-5-18)13(20)10-8-11(14)12(17-15)16-9-10/h8-9H,2-7,15H2,1H3,(H,16,17). The van der Waals surface area contributed by atoms with Crippen LogP contribution in [0.15, 0.2) is 12.3 Å². The number of nitrogens with zero attached hydrogens (tertiary/aromatic N) is 3. The molecule has 0 unspecified atom stereocenters. The van der Waals surface area contributed by atoms with E-state index in [9.17, 15) is 4.79 Å². The first-order valence-corrected chi connectivity index (χ1v) is 7.17. The molecule has 1 saturated heterocycles. The number of halogens is 1. The number of piperazine rings is 1. The Morgan fingerprint density at radius 1 is 1.45 bits per heavy atom. The van der Waals surface area contributed by atoms with Crippen LogP contribution in [0.2, 0.25) is 5.02 Å². The highest BCUT2D eigenvalue weighted by molar-refractivity contribution is 6.33. The third-order valence-electron chi connectivity index (χ3n) is 3.42. The molecule has 2 rings (SSSR count). The fraction of sp³-hybridized carbons (Fsp3) is 0.538. The number of hydrazine groups is 1. The Labute approximate surface area is 123 Å². The number of rotatable bonds is 4. The molecule has 1 aromatic rings. The fourth-order valence-electron chi connectivity index (χ4n) is 2.33. The fourth-order valence-corrected chi connectivity index (χ4v) is 2.56. The van der Waals surface area contributed by atoms with Crippen LogP contribution in [0, 0.1) is 0 Å². The molecule has 0 radical (unpaired) electrons. The van der Waals surface area contributed by atoms with E-state index >= 15 is 0 Å². The van der Waals surface area contributed by atoms with Crippen LogP contribution in [-0.2, 0) is 0 Å². The van der Waals surface area contributed by atoms with Gasteiger partial charge in [0.05, 0.1) is 10.6 Å². The molecule has 1 amide bonds.